The van der Waals surface area contributed by atoms with Crippen molar-refractivity contribution in [3.05, 3.63) is 0 Å². The van der Waals surface area contributed by atoms with E-state index in [4.69, 9.17) is 0 Å². The Labute approximate surface area is 79.5 Å². The zero-order chi connectivity index (χ0) is 9.10. The Morgan fingerprint density at radius 3 is 2.62 bits per heavy atom. The maximum Gasteiger partial charge on any atom is 0.136 e. The number of hydrogen-bond donors (Lipinski definition) is 1. The predicted octanol–water partition coefficient (Wildman–Crippen LogP) is 0.402. The Balaban J connectivity index is 1.64. The molecule has 2 rings (SSSR count). The molecule has 13 heavy (non-hydrogen) atoms. The van der Waals surface area contributed by atoms with Crippen molar-refractivity contribution in [1.29, 1.82) is 0 Å². The molecule has 1 unspecified atom stereocenters. The lowest BCUT2D eigenvalue weighted by Gasteiger charge is -2.38. The number of nitrogens with zero attached hydrogens (tertiary/aromatic N) is 1. The van der Waals surface area contributed by atoms with Gasteiger partial charge in [-0.1, -0.05) is 6.42 Å². The van der Waals surface area contributed by atoms with E-state index in [9.17, 15) is 4.79 Å². The first-order valence-electron chi connectivity index (χ1n) is 5.32. The molecule has 2 aliphatic rings. The molecule has 74 valence electrons. The molecule has 3 nitrogen and oxygen atoms in total. The average Bonchev–Trinajstić information content (AvgIpc) is 2.12. The van der Waals surface area contributed by atoms with E-state index in [0.717, 1.165) is 19.3 Å². The van der Waals surface area contributed by atoms with Crippen LogP contribution in [0.1, 0.15) is 25.7 Å². The van der Waals surface area contributed by atoms with Gasteiger partial charge in [0.2, 0.25) is 0 Å². The lowest BCUT2D eigenvalue weighted by Crippen LogP contribution is -2.58. The van der Waals surface area contributed by atoms with Gasteiger partial charge in [-0.15, -0.1) is 0 Å². The van der Waals surface area contributed by atoms with Crippen molar-refractivity contribution < 1.29 is 4.79 Å². The summed E-state index contributed by atoms with van der Waals surface area (Å²) in [5.41, 5.74) is 0. The predicted molar refractivity (Wildman–Crippen MR) is 51.7 cm³/mol. The van der Waals surface area contributed by atoms with E-state index in [1.165, 1.54) is 32.4 Å². The smallest absolute Gasteiger partial charge is 0.136 e. The van der Waals surface area contributed by atoms with E-state index in [1.54, 1.807) is 0 Å². The van der Waals surface area contributed by atoms with E-state index in [-0.39, 0.29) is 6.04 Å². The molecule has 1 N–H and O–H groups in total. The van der Waals surface area contributed by atoms with Crippen LogP contribution >= 0.6 is 0 Å². The molecule has 0 aliphatic carbocycles. The minimum absolute atomic E-state index is 0.148. The molecule has 0 spiro atoms. The Bertz CT molecular complexity index is 172. The normalized spacial score (nSPS) is 35.4. The van der Waals surface area contributed by atoms with Crippen molar-refractivity contribution in [2.24, 2.45) is 0 Å². The number of carbonyl (C=O) groups is 1. The number of rotatable bonds is 3. The highest BCUT2D eigenvalue weighted by Crippen LogP contribution is 2.14. The van der Waals surface area contributed by atoms with Gasteiger partial charge >= 0.3 is 0 Å². The first-order valence-corrected chi connectivity index (χ1v) is 5.32. The highest BCUT2D eigenvalue weighted by Gasteiger charge is 2.29. The summed E-state index contributed by atoms with van der Waals surface area (Å²) in [6, 6.07) is 0.725. The molecule has 0 saturated carbocycles. The number of hydrogen-bond acceptors (Lipinski definition) is 3. The van der Waals surface area contributed by atoms with E-state index in [0.29, 0.717) is 6.04 Å². The van der Waals surface area contributed by atoms with Crippen LogP contribution in [0.5, 0.6) is 0 Å². The van der Waals surface area contributed by atoms with E-state index in [2.05, 4.69) is 10.2 Å². The van der Waals surface area contributed by atoms with Gasteiger partial charge in [0.1, 0.15) is 6.29 Å². The van der Waals surface area contributed by atoms with Crippen LogP contribution in [0.2, 0.25) is 0 Å². The maximum absolute atomic E-state index is 10.3. The third-order valence-corrected chi connectivity index (χ3v) is 3.08. The summed E-state index contributed by atoms with van der Waals surface area (Å²) in [5, 5.41) is 3.27. The molecule has 0 bridgehead atoms. The Morgan fingerprint density at radius 1 is 1.31 bits per heavy atom. The third kappa shape index (κ3) is 2.29. The van der Waals surface area contributed by atoms with Gasteiger partial charge in [-0.2, -0.15) is 0 Å². The van der Waals surface area contributed by atoms with Gasteiger partial charge in [-0.05, 0) is 32.4 Å². The summed E-state index contributed by atoms with van der Waals surface area (Å²) in [5.74, 6) is 0. The van der Waals surface area contributed by atoms with Crippen molar-refractivity contribution in [2.45, 2.75) is 37.8 Å². The van der Waals surface area contributed by atoms with E-state index >= 15 is 0 Å². The van der Waals surface area contributed by atoms with Gasteiger partial charge in [0, 0.05) is 12.6 Å². The zero-order valence-electron chi connectivity index (χ0n) is 8.04. The van der Waals surface area contributed by atoms with Gasteiger partial charge in [-0.3, -0.25) is 0 Å². The first-order chi connectivity index (χ1) is 6.38. The van der Waals surface area contributed by atoms with Crippen LogP contribution < -0.4 is 5.32 Å². The van der Waals surface area contributed by atoms with Crippen LogP contribution in [0.3, 0.4) is 0 Å². The Morgan fingerprint density at radius 2 is 2.00 bits per heavy atom. The van der Waals surface area contributed by atoms with Crippen LogP contribution in [-0.2, 0) is 4.79 Å². The van der Waals surface area contributed by atoms with Crippen LogP contribution in [-0.4, -0.2) is 42.9 Å². The number of likely N-dealkylation sites (tertiary alicyclic amines) is 1. The number of carbonyl (C=O) groups excluding carboxylic acids is 1. The number of nitrogens with one attached hydrogen (secondary N) is 1. The molecule has 2 aliphatic heterocycles. The topological polar surface area (TPSA) is 32.3 Å². The monoisotopic (exact) mass is 182 g/mol. The number of piperidine rings is 1. The van der Waals surface area contributed by atoms with Crippen molar-refractivity contribution in [3.8, 4) is 0 Å². The van der Waals surface area contributed by atoms with Crippen molar-refractivity contribution >= 4 is 6.29 Å². The summed E-state index contributed by atoms with van der Waals surface area (Å²) >= 11 is 0. The summed E-state index contributed by atoms with van der Waals surface area (Å²) < 4.78 is 0. The van der Waals surface area contributed by atoms with E-state index in [1.807, 2.05) is 0 Å². The quantitative estimate of drug-likeness (QED) is 0.641. The molecular weight excluding hydrogens is 164 g/mol. The van der Waals surface area contributed by atoms with Gasteiger partial charge < -0.3 is 15.0 Å². The Kier molecular flexibility index (Phi) is 2.96. The van der Waals surface area contributed by atoms with Crippen LogP contribution in [0.4, 0.5) is 0 Å². The molecule has 2 saturated heterocycles. The molecule has 2 heterocycles. The molecule has 0 radical (unpaired) electrons. The largest absolute Gasteiger partial charge is 0.304 e. The second kappa shape index (κ2) is 4.20. The molecule has 0 aromatic rings. The molecule has 0 aromatic heterocycles. The third-order valence-electron chi connectivity index (χ3n) is 3.08. The highest BCUT2D eigenvalue weighted by molar-refractivity contribution is 5.59. The fourth-order valence-electron chi connectivity index (χ4n) is 2.26. The number of aldehydes is 1. The molecule has 0 amide bonds. The summed E-state index contributed by atoms with van der Waals surface area (Å²) in [6.45, 7) is 3.65. The second-order valence-electron chi connectivity index (χ2n) is 4.20. The molecular formula is C10H18N2O. The van der Waals surface area contributed by atoms with E-state index < -0.39 is 0 Å². The fraction of sp³-hybridized carbons (Fsp3) is 0.900. The molecule has 0 aromatic carbocycles. The summed E-state index contributed by atoms with van der Waals surface area (Å²) in [6.07, 6.45) is 6.16. The van der Waals surface area contributed by atoms with Gasteiger partial charge in [-0.25, -0.2) is 0 Å². The van der Waals surface area contributed by atoms with Crippen molar-refractivity contribution in [2.75, 3.05) is 19.6 Å². The van der Waals surface area contributed by atoms with Gasteiger partial charge in [0.25, 0.3) is 0 Å². The van der Waals surface area contributed by atoms with Crippen molar-refractivity contribution in [1.82, 2.24) is 10.2 Å². The maximum atomic E-state index is 10.3. The minimum Gasteiger partial charge on any atom is -0.304 e. The van der Waals surface area contributed by atoms with Gasteiger partial charge in [0.05, 0.1) is 6.04 Å². The standard InChI is InChI=1S/C10H18N2O/c13-8-10-6-9(11-10)7-12-4-2-1-3-5-12/h8-11H,1-7H2/t9-,10?/m0/s1. The van der Waals surface area contributed by atoms with Crippen LogP contribution in [0, 0.1) is 0 Å². The molecule has 2 fully saturated rings. The minimum atomic E-state index is 0.148. The summed E-state index contributed by atoms with van der Waals surface area (Å²) in [4.78, 5) is 12.9. The molecule has 2 atom stereocenters. The Hall–Kier alpha value is -0.410. The summed E-state index contributed by atoms with van der Waals surface area (Å²) in [7, 11) is 0. The van der Waals surface area contributed by atoms with Gasteiger partial charge in [0.15, 0.2) is 0 Å². The van der Waals surface area contributed by atoms with Crippen LogP contribution in [0.25, 0.3) is 0 Å². The second-order valence-corrected chi connectivity index (χ2v) is 4.20. The highest BCUT2D eigenvalue weighted by atomic mass is 16.1. The SMILES string of the molecule is O=CC1C[C@@H](CN2CCCCC2)N1. The zero-order valence-corrected chi connectivity index (χ0v) is 8.04. The van der Waals surface area contributed by atoms with Crippen LogP contribution in [0.15, 0.2) is 0 Å². The van der Waals surface area contributed by atoms with Crippen molar-refractivity contribution in [3.63, 3.8) is 0 Å². The lowest BCUT2D eigenvalue weighted by molar-refractivity contribution is -0.111. The molecule has 3 heteroatoms. The lowest BCUT2D eigenvalue weighted by atomic mass is 9.97. The fourth-order valence-corrected chi connectivity index (χ4v) is 2.26. The average molecular weight is 182 g/mol. The first kappa shape index (κ1) is 9.16.